The molecule has 1 heterocycles. The van der Waals surface area contributed by atoms with Gasteiger partial charge in [0.15, 0.2) is 12.4 Å². The monoisotopic (exact) mass is 329 g/mol. The molecule has 1 rings (SSSR count). The Morgan fingerprint density at radius 3 is 1.95 bits per heavy atom. The van der Waals surface area contributed by atoms with Crippen LogP contribution < -0.4 is 4.57 Å². The highest BCUT2D eigenvalue weighted by molar-refractivity contribution is 7.84. The summed E-state index contributed by atoms with van der Waals surface area (Å²) in [4.78, 5) is 0. The molecule has 0 aliphatic rings. The van der Waals surface area contributed by atoms with Crippen molar-refractivity contribution in [3.05, 3.63) is 30.1 Å². The Hall–Kier alpha value is -0.940. The molecule has 0 amide bonds. The highest BCUT2D eigenvalue weighted by Gasteiger charge is 2.00. The molecule has 0 aromatic carbocycles. The van der Waals surface area contributed by atoms with Gasteiger partial charge in [0, 0.05) is 24.8 Å². The van der Waals surface area contributed by atoms with Crippen molar-refractivity contribution >= 4 is 10.1 Å². The lowest BCUT2D eigenvalue weighted by atomic mass is 10.1. The molecule has 0 aliphatic heterocycles. The average molecular weight is 330 g/mol. The lowest BCUT2D eigenvalue weighted by Gasteiger charge is -2.00. The smallest absolute Gasteiger partial charge is 0.169 e. The molecule has 0 bridgehead atoms. The molecule has 4 nitrogen and oxygen atoms in total. The highest BCUT2D eigenvalue weighted by atomic mass is 32.2. The SMILES string of the molecule is CCCCCCC[n+]1ccc(CCCC)cc1.CS(=O)(=O)[O-]. The van der Waals surface area contributed by atoms with E-state index in [-0.39, 0.29) is 0 Å². The number of nitrogens with zero attached hydrogens (tertiary/aromatic N) is 1. The van der Waals surface area contributed by atoms with E-state index in [2.05, 4.69) is 42.9 Å². The molecule has 1 aromatic heterocycles. The Morgan fingerprint density at radius 2 is 1.45 bits per heavy atom. The number of pyridine rings is 1. The summed E-state index contributed by atoms with van der Waals surface area (Å²) in [7, 11) is -3.92. The molecule has 22 heavy (non-hydrogen) atoms. The number of unbranched alkanes of at least 4 members (excludes halogenated alkanes) is 5. The van der Waals surface area contributed by atoms with E-state index in [9.17, 15) is 0 Å². The first-order valence-electron chi connectivity index (χ1n) is 8.25. The van der Waals surface area contributed by atoms with Crippen LogP contribution in [0.1, 0.15) is 64.4 Å². The second-order valence-electron chi connectivity index (χ2n) is 5.67. The van der Waals surface area contributed by atoms with Crippen LogP contribution in [0.5, 0.6) is 0 Å². The summed E-state index contributed by atoms with van der Waals surface area (Å²) in [5.41, 5.74) is 1.48. The quantitative estimate of drug-likeness (QED) is 0.396. The van der Waals surface area contributed by atoms with Gasteiger partial charge in [-0.25, -0.2) is 13.0 Å². The first kappa shape index (κ1) is 21.1. The van der Waals surface area contributed by atoms with Crippen molar-refractivity contribution in [2.45, 2.75) is 71.8 Å². The molecule has 0 fully saturated rings. The first-order chi connectivity index (χ1) is 10.4. The Morgan fingerprint density at radius 1 is 0.955 bits per heavy atom. The molecule has 0 N–H and O–H groups in total. The van der Waals surface area contributed by atoms with Crippen LogP contribution in [0.3, 0.4) is 0 Å². The molecule has 1 aromatic rings. The van der Waals surface area contributed by atoms with Gasteiger partial charge in [0.05, 0.1) is 10.1 Å². The van der Waals surface area contributed by atoms with E-state index in [1.54, 1.807) is 0 Å². The maximum Gasteiger partial charge on any atom is 0.169 e. The Balaban J connectivity index is 0.000000763. The Bertz CT molecular complexity index is 461. The van der Waals surface area contributed by atoms with Crippen LogP contribution >= 0.6 is 0 Å². The number of rotatable bonds is 9. The second kappa shape index (κ2) is 12.6. The minimum absolute atomic E-state index is 0.604. The van der Waals surface area contributed by atoms with Gasteiger partial charge in [0.1, 0.15) is 6.54 Å². The number of hydrogen-bond acceptors (Lipinski definition) is 3. The third kappa shape index (κ3) is 15.4. The van der Waals surface area contributed by atoms with Crippen molar-refractivity contribution in [1.82, 2.24) is 0 Å². The van der Waals surface area contributed by atoms with Crippen LogP contribution in [-0.4, -0.2) is 19.2 Å². The molecular weight excluding hydrogens is 298 g/mol. The first-order valence-corrected chi connectivity index (χ1v) is 10.1. The van der Waals surface area contributed by atoms with E-state index in [1.165, 1.54) is 63.5 Å². The van der Waals surface area contributed by atoms with Gasteiger partial charge in [0.25, 0.3) is 0 Å². The van der Waals surface area contributed by atoms with Gasteiger partial charge < -0.3 is 4.55 Å². The van der Waals surface area contributed by atoms with E-state index in [1.807, 2.05) is 0 Å². The van der Waals surface area contributed by atoms with Gasteiger partial charge in [-0.2, -0.15) is 0 Å². The van der Waals surface area contributed by atoms with Crippen molar-refractivity contribution in [2.75, 3.05) is 6.26 Å². The van der Waals surface area contributed by atoms with Gasteiger partial charge in [-0.1, -0.05) is 39.5 Å². The minimum atomic E-state index is -3.92. The number of aryl methyl sites for hydroxylation is 2. The van der Waals surface area contributed by atoms with E-state index < -0.39 is 10.1 Å². The van der Waals surface area contributed by atoms with E-state index in [0.29, 0.717) is 6.26 Å². The van der Waals surface area contributed by atoms with Gasteiger partial charge in [-0.3, -0.25) is 0 Å². The van der Waals surface area contributed by atoms with Crippen LogP contribution in [0, 0.1) is 0 Å². The molecule has 0 spiro atoms. The summed E-state index contributed by atoms with van der Waals surface area (Å²) in [5.74, 6) is 0. The summed E-state index contributed by atoms with van der Waals surface area (Å²) < 4.78 is 29.5. The molecule has 0 saturated heterocycles. The zero-order valence-electron chi connectivity index (χ0n) is 14.3. The summed E-state index contributed by atoms with van der Waals surface area (Å²) >= 11 is 0. The minimum Gasteiger partial charge on any atom is -0.748 e. The van der Waals surface area contributed by atoms with Crippen LogP contribution in [0.25, 0.3) is 0 Å². The predicted octanol–water partition coefficient (Wildman–Crippen LogP) is 3.45. The van der Waals surface area contributed by atoms with Gasteiger partial charge in [-0.15, -0.1) is 0 Å². The summed E-state index contributed by atoms with van der Waals surface area (Å²) in [6.07, 6.45) is 15.7. The molecule has 0 unspecified atom stereocenters. The van der Waals surface area contributed by atoms with Crippen LogP contribution in [-0.2, 0) is 23.1 Å². The maximum absolute atomic E-state index is 9.08. The fraction of sp³-hybridized carbons (Fsp3) is 0.706. The molecule has 0 radical (unpaired) electrons. The van der Waals surface area contributed by atoms with E-state index in [0.717, 1.165) is 0 Å². The van der Waals surface area contributed by atoms with Crippen LogP contribution in [0.4, 0.5) is 0 Å². The fourth-order valence-electron chi connectivity index (χ4n) is 2.08. The lowest BCUT2D eigenvalue weighted by molar-refractivity contribution is -0.697. The van der Waals surface area contributed by atoms with Crippen LogP contribution in [0.15, 0.2) is 24.5 Å². The van der Waals surface area contributed by atoms with Crippen molar-refractivity contribution in [3.8, 4) is 0 Å². The summed E-state index contributed by atoms with van der Waals surface area (Å²) in [5, 5.41) is 0. The standard InChI is InChI=1S/C16H28N.CH4O3S/c1-3-5-7-8-9-13-17-14-11-16(12-15-17)10-6-4-2;1-5(2,3)4/h11-12,14-15H,3-10,13H2,1-2H3;1H3,(H,2,3,4)/q+1;/p-1. The molecule has 0 atom stereocenters. The van der Waals surface area contributed by atoms with Crippen LogP contribution in [0.2, 0.25) is 0 Å². The largest absolute Gasteiger partial charge is 0.748 e. The van der Waals surface area contributed by atoms with Crippen molar-refractivity contribution < 1.29 is 17.5 Å². The highest BCUT2D eigenvalue weighted by Crippen LogP contribution is 2.04. The zero-order chi connectivity index (χ0) is 16.8. The lowest BCUT2D eigenvalue weighted by Crippen LogP contribution is -2.32. The average Bonchev–Trinajstić information content (AvgIpc) is 2.44. The third-order valence-electron chi connectivity index (χ3n) is 3.30. The van der Waals surface area contributed by atoms with E-state index in [4.69, 9.17) is 13.0 Å². The van der Waals surface area contributed by atoms with E-state index >= 15 is 0 Å². The molecular formula is C17H31NO3S. The van der Waals surface area contributed by atoms with Gasteiger partial charge in [-0.05, 0) is 24.8 Å². The number of hydrogen-bond donors (Lipinski definition) is 0. The summed E-state index contributed by atoms with van der Waals surface area (Å²) in [6.45, 7) is 5.70. The molecule has 0 saturated carbocycles. The normalized spacial score (nSPS) is 10.9. The van der Waals surface area contributed by atoms with Crippen molar-refractivity contribution in [1.29, 1.82) is 0 Å². The maximum atomic E-state index is 9.08. The Kier molecular flexibility index (Phi) is 12.1. The number of aromatic nitrogens is 1. The predicted molar refractivity (Wildman–Crippen MR) is 89.6 cm³/mol. The van der Waals surface area contributed by atoms with Gasteiger partial charge >= 0.3 is 0 Å². The second-order valence-corrected chi connectivity index (χ2v) is 7.07. The van der Waals surface area contributed by atoms with Crippen molar-refractivity contribution in [3.63, 3.8) is 0 Å². The molecule has 5 heteroatoms. The van der Waals surface area contributed by atoms with Gasteiger partial charge in [0.2, 0.25) is 0 Å². The fourth-order valence-corrected chi connectivity index (χ4v) is 2.08. The summed E-state index contributed by atoms with van der Waals surface area (Å²) in [6, 6.07) is 4.56. The zero-order valence-corrected chi connectivity index (χ0v) is 15.1. The third-order valence-corrected chi connectivity index (χ3v) is 3.30. The topological polar surface area (TPSA) is 61.1 Å². The Labute approximate surface area is 136 Å². The molecule has 128 valence electrons. The molecule has 0 aliphatic carbocycles. The van der Waals surface area contributed by atoms with Crippen molar-refractivity contribution in [2.24, 2.45) is 0 Å².